The van der Waals surface area contributed by atoms with Gasteiger partial charge in [-0.2, -0.15) is 5.10 Å². The number of fused-ring (bicyclic) bond motifs is 1. The topological polar surface area (TPSA) is 37.2 Å². The number of thioether (sulfide) groups is 1. The molecule has 0 fully saturated rings. The lowest BCUT2D eigenvalue weighted by molar-refractivity contribution is 0.414. The normalized spacial score (nSPS) is 20.2. The minimum absolute atomic E-state index is 0.103. The van der Waals surface area contributed by atoms with Crippen molar-refractivity contribution in [3.63, 3.8) is 0 Å². The van der Waals surface area contributed by atoms with Gasteiger partial charge in [-0.05, 0) is 45.0 Å². The molecule has 5 heteroatoms. The molecule has 0 radical (unpaired) electrons. The summed E-state index contributed by atoms with van der Waals surface area (Å²) < 4.78 is 5.21. The van der Waals surface area contributed by atoms with Crippen LogP contribution in [0.1, 0.15) is 32.8 Å². The Labute approximate surface area is 129 Å². The first-order valence-corrected chi connectivity index (χ1v) is 7.82. The number of hydrazone groups is 1. The molecule has 0 aromatic heterocycles. The van der Waals surface area contributed by atoms with Crippen LogP contribution in [-0.4, -0.2) is 28.5 Å². The van der Waals surface area contributed by atoms with Crippen LogP contribution in [0.25, 0.3) is 5.70 Å². The molecule has 1 aromatic rings. The molecule has 3 rings (SSSR count). The van der Waals surface area contributed by atoms with Gasteiger partial charge in [-0.1, -0.05) is 11.8 Å². The molecule has 0 atom stereocenters. The summed E-state index contributed by atoms with van der Waals surface area (Å²) in [5.74, 6) is 0.857. The lowest BCUT2D eigenvalue weighted by atomic mass is 9.99. The Morgan fingerprint density at radius 2 is 1.95 bits per heavy atom. The third-order valence-corrected chi connectivity index (χ3v) is 4.24. The maximum atomic E-state index is 5.21. The molecule has 2 aliphatic rings. The van der Waals surface area contributed by atoms with Crippen molar-refractivity contribution in [2.75, 3.05) is 7.11 Å². The summed E-state index contributed by atoms with van der Waals surface area (Å²) in [7, 11) is 1.68. The van der Waals surface area contributed by atoms with Crippen LogP contribution in [0.4, 0.5) is 0 Å². The maximum Gasteiger partial charge on any atom is 0.189 e. The van der Waals surface area contributed by atoms with E-state index in [1.807, 2.05) is 17.1 Å². The van der Waals surface area contributed by atoms with Gasteiger partial charge in [0.25, 0.3) is 0 Å². The van der Waals surface area contributed by atoms with Crippen LogP contribution in [-0.2, 0) is 0 Å². The highest BCUT2D eigenvalue weighted by Crippen LogP contribution is 2.37. The zero-order valence-electron chi connectivity index (χ0n) is 12.8. The number of amidine groups is 1. The Balaban J connectivity index is 1.97. The van der Waals surface area contributed by atoms with Gasteiger partial charge in [0.15, 0.2) is 5.17 Å². The third-order valence-electron chi connectivity index (χ3n) is 3.43. The van der Waals surface area contributed by atoms with Gasteiger partial charge in [0, 0.05) is 23.1 Å². The molecule has 1 aromatic carbocycles. The lowest BCUT2D eigenvalue weighted by Crippen LogP contribution is -2.21. The fraction of sp³-hybridized carbons (Fsp3) is 0.375. The summed E-state index contributed by atoms with van der Waals surface area (Å²) >= 11 is 1.63. The van der Waals surface area contributed by atoms with Crippen molar-refractivity contribution in [1.29, 1.82) is 0 Å². The minimum Gasteiger partial charge on any atom is -0.497 e. The Kier molecular flexibility index (Phi) is 3.53. The summed E-state index contributed by atoms with van der Waals surface area (Å²) in [5.41, 5.74) is 3.18. The van der Waals surface area contributed by atoms with Gasteiger partial charge >= 0.3 is 0 Å². The summed E-state index contributed by atoms with van der Waals surface area (Å²) in [6.07, 6.45) is 0.878. The number of hydrogen-bond donors (Lipinski definition) is 0. The van der Waals surface area contributed by atoms with Gasteiger partial charge in [0.05, 0.1) is 18.3 Å². The molecule has 110 valence electrons. The molecule has 21 heavy (non-hydrogen) atoms. The molecule has 0 aliphatic carbocycles. The molecule has 2 aliphatic heterocycles. The third kappa shape index (κ3) is 2.83. The second-order valence-electron chi connectivity index (χ2n) is 5.88. The quantitative estimate of drug-likeness (QED) is 0.830. The highest BCUT2D eigenvalue weighted by molar-refractivity contribution is 8.16. The van der Waals surface area contributed by atoms with E-state index in [1.54, 1.807) is 18.9 Å². The van der Waals surface area contributed by atoms with E-state index >= 15 is 0 Å². The van der Waals surface area contributed by atoms with Crippen molar-refractivity contribution in [2.24, 2.45) is 10.1 Å². The largest absolute Gasteiger partial charge is 0.497 e. The van der Waals surface area contributed by atoms with Crippen molar-refractivity contribution >= 4 is 28.3 Å². The molecular weight excluding hydrogens is 282 g/mol. The monoisotopic (exact) mass is 301 g/mol. The molecule has 0 amide bonds. The van der Waals surface area contributed by atoms with Crippen LogP contribution in [0, 0.1) is 0 Å². The molecule has 0 saturated heterocycles. The van der Waals surface area contributed by atoms with E-state index in [4.69, 9.17) is 14.8 Å². The first-order chi connectivity index (χ1) is 9.98. The highest BCUT2D eigenvalue weighted by Gasteiger charge is 2.31. The zero-order valence-corrected chi connectivity index (χ0v) is 13.6. The average molecular weight is 301 g/mol. The molecule has 4 nitrogen and oxygen atoms in total. The van der Waals surface area contributed by atoms with Crippen LogP contribution in [0.3, 0.4) is 0 Å². The Hall–Kier alpha value is -1.75. The number of ether oxygens (including phenoxy) is 1. The van der Waals surface area contributed by atoms with E-state index in [1.165, 1.54) is 0 Å². The first-order valence-electron chi connectivity index (χ1n) is 6.94. The van der Waals surface area contributed by atoms with Crippen LogP contribution >= 0.6 is 11.8 Å². The van der Waals surface area contributed by atoms with Crippen molar-refractivity contribution in [1.82, 2.24) is 5.01 Å². The van der Waals surface area contributed by atoms with Gasteiger partial charge in [-0.3, -0.25) is 4.99 Å². The Bertz CT molecular complexity index is 644. The molecule has 0 spiro atoms. The predicted octanol–water partition coefficient (Wildman–Crippen LogP) is 3.96. The number of aliphatic imine (C=N–C) groups is 1. The molecule has 0 saturated carbocycles. The molecular formula is C16H19N3OS. The van der Waals surface area contributed by atoms with Crippen LogP contribution in [0.2, 0.25) is 0 Å². The van der Waals surface area contributed by atoms with E-state index in [2.05, 4.69) is 38.3 Å². The number of nitrogens with zero attached hydrogens (tertiary/aromatic N) is 3. The van der Waals surface area contributed by atoms with Crippen LogP contribution in [0.5, 0.6) is 5.75 Å². The average Bonchev–Trinajstić information content (AvgIpc) is 2.75. The summed E-state index contributed by atoms with van der Waals surface area (Å²) in [6, 6.07) is 8.03. The standard InChI is InChI=1S/C16H19N3OS/c1-11-9-16(2,3)17-15-19(18-11)14(10-21-15)12-5-7-13(20-4)8-6-12/h5-8,10H,9H2,1-4H3. The molecule has 0 bridgehead atoms. The van der Waals surface area contributed by atoms with Crippen molar-refractivity contribution in [3.8, 4) is 5.75 Å². The number of hydrogen-bond acceptors (Lipinski definition) is 5. The number of methoxy groups -OCH3 is 1. The van der Waals surface area contributed by atoms with E-state index in [0.29, 0.717) is 0 Å². The minimum atomic E-state index is -0.103. The molecule has 0 N–H and O–H groups in total. The van der Waals surface area contributed by atoms with Crippen molar-refractivity contribution in [3.05, 3.63) is 35.2 Å². The molecule has 2 heterocycles. The summed E-state index contributed by atoms with van der Waals surface area (Å²) in [5, 5.41) is 9.74. The fourth-order valence-corrected chi connectivity index (χ4v) is 3.56. The highest BCUT2D eigenvalue weighted by atomic mass is 32.2. The van der Waals surface area contributed by atoms with Gasteiger partial charge in [-0.25, -0.2) is 5.01 Å². The fourth-order valence-electron chi connectivity index (χ4n) is 2.56. The van der Waals surface area contributed by atoms with Crippen molar-refractivity contribution < 1.29 is 4.74 Å². The number of rotatable bonds is 2. The van der Waals surface area contributed by atoms with E-state index in [9.17, 15) is 0 Å². The van der Waals surface area contributed by atoms with Crippen molar-refractivity contribution in [2.45, 2.75) is 32.7 Å². The summed E-state index contributed by atoms with van der Waals surface area (Å²) in [4.78, 5) is 4.84. The maximum absolute atomic E-state index is 5.21. The second kappa shape index (κ2) is 5.22. The van der Waals surface area contributed by atoms with Crippen LogP contribution in [0.15, 0.2) is 39.8 Å². The smallest absolute Gasteiger partial charge is 0.189 e. The SMILES string of the molecule is COc1ccc(C2=CSC3=NC(C)(C)CC(C)=NN23)cc1. The van der Waals surface area contributed by atoms with Gasteiger partial charge in [0.1, 0.15) is 5.75 Å². The Morgan fingerprint density at radius 3 is 2.62 bits per heavy atom. The zero-order chi connectivity index (χ0) is 15.0. The Morgan fingerprint density at radius 1 is 1.24 bits per heavy atom. The molecule has 0 unspecified atom stereocenters. The van der Waals surface area contributed by atoms with E-state index < -0.39 is 0 Å². The van der Waals surface area contributed by atoms with E-state index in [-0.39, 0.29) is 5.54 Å². The van der Waals surface area contributed by atoms with Crippen LogP contribution < -0.4 is 4.74 Å². The summed E-state index contributed by atoms with van der Waals surface area (Å²) in [6.45, 7) is 6.36. The first kappa shape index (κ1) is 14.2. The number of benzene rings is 1. The predicted molar refractivity (Wildman–Crippen MR) is 89.6 cm³/mol. The lowest BCUT2D eigenvalue weighted by Gasteiger charge is -2.18. The van der Waals surface area contributed by atoms with E-state index in [0.717, 1.165) is 34.3 Å². The van der Waals surface area contributed by atoms with Gasteiger partial charge in [-0.15, -0.1) is 0 Å². The second-order valence-corrected chi connectivity index (χ2v) is 6.72. The van der Waals surface area contributed by atoms with Gasteiger partial charge in [0.2, 0.25) is 0 Å². The van der Waals surface area contributed by atoms with Gasteiger partial charge < -0.3 is 4.74 Å².